The quantitative estimate of drug-likeness (QED) is 0.337. The van der Waals surface area contributed by atoms with E-state index in [1.165, 1.54) is 9.80 Å². The van der Waals surface area contributed by atoms with Gasteiger partial charge in [-0.3, -0.25) is 24.1 Å². The molecule has 7 nitrogen and oxygen atoms in total. The van der Waals surface area contributed by atoms with Crippen molar-refractivity contribution >= 4 is 40.9 Å². The van der Waals surface area contributed by atoms with E-state index in [0.29, 0.717) is 28.3 Å². The summed E-state index contributed by atoms with van der Waals surface area (Å²) in [5.74, 6) is -4.35. The van der Waals surface area contributed by atoms with Gasteiger partial charge in [-0.2, -0.15) is 0 Å². The van der Waals surface area contributed by atoms with Crippen LogP contribution in [-0.4, -0.2) is 40.2 Å². The summed E-state index contributed by atoms with van der Waals surface area (Å²) < 4.78 is 0. The molecule has 8 heteroatoms. The van der Waals surface area contributed by atoms with Crippen LogP contribution in [0.5, 0.6) is 5.75 Å². The van der Waals surface area contributed by atoms with Crippen molar-refractivity contribution in [3.63, 3.8) is 0 Å². The minimum absolute atomic E-state index is 0.00527. The molecule has 212 valence electrons. The van der Waals surface area contributed by atoms with E-state index in [1.807, 2.05) is 36.4 Å². The van der Waals surface area contributed by atoms with Gasteiger partial charge in [0.25, 0.3) is 0 Å². The minimum atomic E-state index is -1.40. The lowest BCUT2D eigenvalue weighted by molar-refractivity contribution is -0.140. The summed E-state index contributed by atoms with van der Waals surface area (Å²) in [4.78, 5) is 59.1. The third kappa shape index (κ3) is 3.46. The van der Waals surface area contributed by atoms with Crippen molar-refractivity contribution in [3.8, 4) is 5.75 Å². The molecule has 2 aliphatic carbocycles. The van der Waals surface area contributed by atoms with Gasteiger partial charge in [-0.25, -0.2) is 4.90 Å². The van der Waals surface area contributed by atoms with E-state index < -0.39 is 40.9 Å². The van der Waals surface area contributed by atoms with Gasteiger partial charge >= 0.3 is 0 Å². The number of anilines is 1. The predicted molar refractivity (Wildman–Crippen MR) is 157 cm³/mol. The number of carbonyl (C=O) groups excluding carboxylic acids is 4. The van der Waals surface area contributed by atoms with Crippen molar-refractivity contribution in [2.75, 3.05) is 11.4 Å². The zero-order chi connectivity index (χ0) is 29.3. The number of likely N-dealkylation sites (tertiary alicyclic amines) is 1. The average Bonchev–Trinajstić information content (AvgIpc) is 3.38. The van der Waals surface area contributed by atoms with Crippen molar-refractivity contribution in [1.82, 2.24) is 4.90 Å². The molecule has 4 aliphatic rings. The standard InChI is InChI=1S/C34H29ClN2O5/c1-2-36-30(39)24-16-15-22-25(28(24)32(36)41)18-26-31(40)37(21-12-8-11-20(35)17-21)33(42)34(26,19-9-4-3-5-10-19)29(22)23-13-6-7-14-27(23)38/h3-15,17,24-26,28-29,38H,2,16,18H2,1H3. The number of para-hydroxylation sites is 1. The molecule has 3 aromatic rings. The smallest absolute Gasteiger partial charge is 0.246 e. The van der Waals surface area contributed by atoms with Gasteiger partial charge in [0.1, 0.15) is 5.75 Å². The van der Waals surface area contributed by atoms with Crippen LogP contribution in [-0.2, 0) is 24.6 Å². The summed E-state index contributed by atoms with van der Waals surface area (Å²) in [7, 11) is 0. The molecule has 42 heavy (non-hydrogen) atoms. The minimum Gasteiger partial charge on any atom is -0.508 e. The molecule has 0 bridgehead atoms. The average molecular weight is 581 g/mol. The second-order valence-electron chi connectivity index (χ2n) is 11.6. The summed E-state index contributed by atoms with van der Waals surface area (Å²) in [6.07, 6.45) is 2.58. The number of rotatable bonds is 4. The van der Waals surface area contributed by atoms with Crippen LogP contribution < -0.4 is 4.90 Å². The number of hydrogen-bond acceptors (Lipinski definition) is 5. The van der Waals surface area contributed by atoms with E-state index in [4.69, 9.17) is 11.6 Å². The van der Waals surface area contributed by atoms with E-state index in [2.05, 4.69) is 0 Å². The first-order valence-electron chi connectivity index (χ1n) is 14.3. The first-order valence-corrected chi connectivity index (χ1v) is 14.7. The Labute approximate surface area is 248 Å². The Balaban J connectivity index is 1.51. The molecule has 6 unspecified atom stereocenters. The predicted octanol–water partition coefficient (Wildman–Crippen LogP) is 5.23. The molecule has 2 aliphatic heterocycles. The Morgan fingerprint density at radius 2 is 1.62 bits per heavy atom. The normalized spacial score (nSPS) is 30.2. The van der Waals surface area contributed by atoms with Gasteiger partial charge in [0, 0.05) is 23.0 Å². The number of imide groups is 2. The first kappa shape index (κ1) is 26.7. The van der Waals surface area contributed by atoms with Crippen LogP contribution >= 0.6 is 11.6 Å². The number of amides is 4. The molecule has 7 rings (SSSR count). The number of nitrogens with zero attached hydrogens (tertiary/aromatic N) is 2. The van der Waals surface area contributed by atoms with Crippen LogP contribution in [0.4, 0.5) is 5.69 Å². The van der Waals surface area contributed by atoms with Gasteiger partial charge in [0.05, 0.1) is 28.9 Å². The Kier molecular flexibility index (Phi) is 6.13. The Hall–Kier alpha value is -4.23. The van der Waals surface area contributed by atoms with Crippen molar-refractivity contribution in [2.24, 2.45) is 23.7 Å². The van der Waals surface area contributed by atoms with Gasteiger partial charge in [-0.05, 0) is 55.5 Å². The molecule has 1 saturated carbocycles. The lowest BCUT2D eigenvalue weighted by Crippen LogP contribution is -2.53. The Morgan fingerprint density at radius 1 is 0.881 bits per heavy atom. The topological polar surface area (TPSA) is 95.0 Å². The number of carbonyl (C=O) groups is 4. The molecule has 2 heterocycles. The molecular formula is C34H29ClN2O5. The SMILES string of the molecule is CCN1C(=O)C2CC=C3C(CC4C(=O)N(c5cccc(Cl)c5)C(=O)C4(c4ccccc4)C3c3ccccc3O)C2C1=O. The van der Waals surface area contributed by atoms with E-state index in [-0.39, 0.29) is 36.4 Å². The zero-order valence-electron chi connectivity index (χ0n) is 22.9. The summed E-state index contributed by atoms with van der Waals surface area (Å²) in [6, 6.07) is 22.8. The maximum atomic E-state index is 15.0. The zero-order valence-corrected chi connectivity index (χ0v) is 23.7. The molecular weight excluding hydrogens is 552 g/mol. The van der Waals surface area contributed by atoms with Gasteiger partial charge < -0.3 is 5.11 Å². The number of fused-ring (bicyclic) bond motifs is 4. The van der Waals surface area contributed by atoms with Crippen LogP contribution in [0.3, 0.4) is 0 Å². The Morgan fingerprint density at radius 3 is 2.33 bits per heavy atom. The lowest BCUT2D eigenvalue weighted by atomic mass is 9.49. The highest BCUT2D eigenvalue weighted by atomic mass is 35.5. The fourth-order valence-electron chi connectivity index (χ4n) is 8.20. The maximum Gasteiger partial charge on any atom is 0.246 e. The van der Waals surface area contributed by atoms with Crippen LogP contribution in [0, 0.1) is 23.7 Å². The number of allylic oxidation sites excluding steroid dienone is 2. The molecule has 3 fully saturated rings. The highest BCUT2D eigenvalue weighted by Gasteiger charge is 2.70. The number of aromatic hydroxyl groups is 1. The summed E-state index contributed by atoms with van der Waals surface area (Å²) in [5.41, 5.74) is 0.976. The van der Waals surface area contributed by atoms with Gasteiger partial charge in [-0.1, -0.05) is 77.8 Å². The molecule has 6 atom stereocenters. The maximum absolute atomic E-state index is 15.0. The number of phenols is 1. The van der Waals surface area contributed by atoms with Crippen LogP contribution in [0.2, 0.25) is 5.02 Å². The second kappa shape index (κ2) is 9.66. The van der Waals surface area contributed by atoms with Crippen LogP contribution in [0.1, 0.15) is 36.8 Å². The summed E-state index contributed by atoms with van der Waals surface area (Å²) in [6.45, 7) is 2.07. The number of benzene rings is 3. The van der Waals surface area contributed by atoms with Crippen LogP contribution in [0.25, 0.3) is 0 Å². The molecule has 0 spiro atoms. The van der Waals surface area contributed by atoms with Crippen LogP contribution in [0.15, 0.2) is 90.5 Å². The molecule has 1 N–H and O–H groups in total. The highest BCUT2D eigenvalue weighted by Crippen LogP contribution is 2.65. The number of hydrogen-bond donors (Lipinski definition) is 1. The molecule has 0 aromatic heterocycles. The van der Waals surface area contributed by atoms with Crippen molar-refractivity contribution in [3.05, 3.63) is 107 Å². The van der Waals surface area contributed by atoms with Gasteiger partial charge in [-0.15, -0.1) is 0 Å². The number of phenolic OH excluding ortho intramolecular Hbond substituents is 1. The summed E-state index contributed by atoms with van der Waals surface area (Å²) >= 11 is 6.32. The van der Waals surface area contributed by atoms with E-state index in [0.717, 1.165) is 5.57 Å². The fraction of sp³-hybridized carbons (Fsp3) is 0.294. The third-order valence-corrected chi connectivity index (χ3v) is 10.1. The van der Waals surface area contributed by atoms with E-state index >= 15 is 4.79 Å². The highest BCUT2D eigenvalue weighted by molar-refractivity contribution is 6.32. The molecule has 4 amide bonds. The van der Waals surface area contributed by atoms with E-state index in [1.54, 1.807) is 55.5 Å². The fourth-order valence-corrected chi connectivity index (χ4v) is 8.38. The van der Waals surface area contributed by atoms with Gasteiger partial charge in [0.2, 0.25) is 23.6 Å². The Bertz CT molecular complexity index is 1690. The van der Waals surface area contributed by atoms with Crippen molar-refractivity contribution in [1.29, 1.82) is 0 Å². The largest absolute Gasteiger partial charge is 0.508 e. The summed E-state index contributed by atoms with van der Waals surface area (Å²) in [5, 5.41) is 11.7. The van der Waals surface area contributed by atoms with Gasteiger partial charge in [0.15, 0.2) is 0 Å². The molecule has 0 radical (unpaired) electrons. The van der Waals surface area contributed by atoms with Crippen molar-refractivity contribution in [2.45, 2.75) is 31.1 Å². The lowest BCUT2D eigenvalue weighted by Gasteiger charge is -2.50. The number of halogens is 1. The molecule has 3 aromatic carbocycles. The second-order valence-corrected chi connectivity index (χ2v) is 12.0. The third-order valence-electron chi connectivity index (χ3n) is 9.82. The molecule has 2 saturated heterocycles. The first-order chi connectivity index (χ1) is 20.3. The monoisotopic (exact) mass is 580 g/mol. The van der Waals surface area contributed by atoms with E-state index in [9.17, 15) is 19.5 Å². The van der Waals surface area contributed by atoms with Crippen molar-refractivity contribution < 1.29 is 24.3 Å².